The zero-order valence-corrected chi connectivity index (χ0v) is 14.9. The average Bonchev–Trinajstić information content (AvgIpc) is 2.63. The molecule has 130 valence electrons. The number of ketones is 1. The summed E-state index contributed by atoms with van der Waals surface area (Å²) in [5, 5.41) is 10.2. The van der Waals surface area contributed by atoms with Gasteiger partial charge in [-0.1, -0.05) is 23.2 Å². The van der Waals surface area contributed by atoms with Gasteiger partial charge >= 0.3 is 0 Å². The molecule has 0 aliphatic carbocycles. The van der Waals surface area contributed by atoms with E-state index in [1.165, 1.54) is 12.1 Å². The third-order valence-corrected chi connectivity index (χ3v) is 5.03. The SMILES string of the molecule is O=C(c1ccc(O)cc1)C1CCN(C(=O)c2cc(Cl)ccc2Cl)CC1. The van der Waals surface area contributed by atoms with Crippen LogP contribution in [-0.2, 0) is 0 Å². The minimum atomic E-state index is -0.164. The summed E-state index contributed by atoms with van der Waals surface area (Å²) in [5.74, 6) is -0.102. The summed E-state index contributed by atoms with van der Waals surface area (Å²) in [6, 6.07) is 11.1. The minimum Gasteiger partial charge on any atom is -0.508 e. The van der Waals surface area contributed by atoms with E-state index in [1.807, 2.05) is 0 Å². The highest BCUT2D eigenvalue weighted by Gasteiger charge is 2.29. The van der Waals surface area contributed by atoms with Crippen LogP contribution in [0.4, 0.5) is 0 Å². The lowest BCUT2D eigenvalue weighted by atomic mass is 9.88. The van der Waals surface area contributed by atoms with Crippen molar-refractivity contribution in [2.24, 2.45) is 5.92 Å². The second-order valence-corrected chi connectivity index (χ2v) is 6.95. The molecule has 1 aliphatic heterocycles. The van der Waals surface area contributed by atoms with Gasteiger partial charge in [0, 0.05) is 29.6 Å². The number of hydrogen-bond donors (Lipinski definition) is 1. The van der Waals surface area contributed by atoms with Crippen molar-refractivity contribution in [1.82, 2.24) is 4.90 Å². The number of hydrogen-bond acceptors (Lipinski definition) is 3. The number of piperidine rings is 1. The smallest absolute Gasteiger partial charge is 0.255 e. The van der Waals surface area contributed by atoms with Crippen LogP contribution in [0.25, 0.3) is 0 Å². The molecule has 25 heavy (non-hydrogen) atoms. The molecule has 0 atom stereocenters. The summed E-state index contributed by atoms with van der Waals surface area (Å²) in [6.45, 7) is 0.992. The summed E-state index contributed by atoms with van der Waals surface area (Å²) in [4.78, 5) is 26.9. The number of aromatic hydroxyl groups is 1. The van der Waals surface area contributed by atoms with E-state index in [2.05, 4.69) is 0 Å². The second kappa shape index (κ2) is 7.46. The Morgan fingerprint density at radius 2 is 1.64 bits per heavy atom. The van der Waals surface area contributed by atoms with E-state index >= 15 is 0 Å². The Morgan fingerprint density at radius 3 is 2.28 bits per heavy atom. The lowest BCUT2D eigenvalue weighted by Gasteiger charge is -2.31. The molecule has 1 N–H and O–H groups in total. The molecule has 0 unspecified atom stereocenters. The van der Waals surface area contributed by atoms with E-state index in [4.69, 9.17) is 23.2 Å². The van der Waals surface area contributed by atoms with Crippen molar-refractivity contribution in [1.29, 1.82) is 0 Å². The van der Waals surface area contributed by atoms with E-state index in [0.717, 1.165) is 0 Å². The Labute approximate surface area is 156 Å². The number of halogens is 2. The normalized spacial score (nSPS) is 15.2. The first-order chi connectivity index (χ1) is 12.0. The Hall–Kier alpha value is -2.04. The number of nitrogens with zero attached hydrogens (tertiary/aromatic N) is 1. The Bertz CT molecular complexity index is 797. The third-order valence-electron chi connectivity index (χ3n) is 4.46. The van der Waals surface area contributed by atoms with Gasteiger partial charge < -0.3 is 10.0 Å². The van der Waals surface area contributed by atoms with Gasteiger partial charge in [-0.15, -0.1) is 0 Å². The van der Waals surface area contributed by atoms with Gasteiger partial charge in [-0.2, -0.15) is 0 Å². The van der Waals surface area contributed by atoms with Crippen LogP contribution in [0.2, 0.25) is 10.0 Å². The molecule has 0 bridgehead atoms. The molecule has 1 saturated heterocycles. The fraction of sp³-hybridized carbons (Fsp3) is 0.263. The Morgan fingerprint density at radius 1 is 1.00 bits per heavy atom. The highest BCUT2D eigenvalue weighted by atomic mass is 35.5. The van der Waals surface area contributed by atoms with Crippen LogP contribution in [-0.4, -0.2) is 34.8 Å². The molecule has 1 fully saturated rings. The van der Waals surface area contributed by atoms with Gasteiger partial charge in [0.15, 0.2) is 5.78 Å². The molecule has 6 heteroatoms. The second-order valence-electron chi connectivity index (χ2n) is 6.10. The molecular formula is C19H17Cl2NO3. The van der Waals surface area contributed by atoms with Gasteiger partial charge in [0.05, 0.1) is 10.6 Å². The number of amides is 1. The topological polar surface area (TPSA) is 57.6 Å². The molecule has 0 aromatic heterocycles. The molecular weight excluding hydrogens is 361 g/mol. The van der Waals surface area contributed by atoms with Crippen LogP contribution in [0, 0.1) is 5.92 Å². The van der Waals surface area contributed by atoms with Gasteiger partial charge in [0.1, 0.15) is 5.75 Å². The van der Waals surface area contributed by atoms with Crippen molar-refractivity contribution in [3.8, 4) is 5.75 Å². The summed E-state index contributed by atoms with van der Waals surface area (Å²) in [7, 11) is 0. The minimum absolute atomic E-state index is 0.0490. The maximum Gasteiger partial charge on any atom is 0.255 e. The highest BCUT2D eigenvalue weighted by molar-refractivity contribution is 6.35. The standard InChI is InChI=1S/C19H17Cl2NO3/c20-14-3-6-17(21)16(11-14)19(25)22-9-7-13(8-10-22)18(24)12-1-4-15(23)5-2-12/h1-6,11,13,23H,7-10H2. The zero-order chi connectivity index (χ0) is 18.0. The van der Waals surface area contributed by atoms with Gasteiger partial charge in [0.2, 0.25) is 0 Å². The number of carbonyl (C=O) groups is 2. The summed E-state index contributed by atoms with van der Waals surface area (Å²) in [6.07, 6.45) is 1.20. The number of Topliss-reactive ketones (excluding diaryl/α,β-unsaturated/α-hetero) is 1. The fourth-order valence-corrected chi connectivity index (χ4v) is 3.41. The first kappa shape index (κ1) is 17.8. The lowest BCUT2D eigenvalue weighted by molar-refractivity contribution is 0.0650. The molecule has 2 aromatic carbocycles. The molecule has 1 heterocycles. The molecule has 0 saturated carbocycles. The number of phenols is 1. The number of phenolic OH excluding ortho intramolecular Hbond substituents is 1. The summed E-state index contributed by atoms with van der Waals surface area (Å²) in [5.41, 5.74) is 0.970. The molecule has 0 radical (unpaired) electrons. The van der Waals surface area contributed by atoms with E-state index in [9.17, 15) is 14.7 Å². The van der Waals surface area contributed by atoms with Crippen LogP contribution in [0.3, 0.4) is 0 Å². The summed E-state index contributed by atoms with van der Waals surface area (Å²) < 4.78 is 0. The monoisotopic (exact) mass is 377 g/mol. The van der Waals surface area contributed by atoms with E-state index in [1.54, 1.807) is 35.2 Å². The van der Waals surface area contributed by atoms with Gasteiger partial charge in [-0.3, -0.25) is 9.59 Å². The van der Waals surface area contributed by atoms with Crippen LogP contribution >= 0.6 is 23.2 Å². The average molecular weight is 378 g/mol. The van der Waals surface area contributed by atoms with Crippen molar-refractivity contribution in [2.45, 2.75) is 12.8 Å². The molecule has 3 rings (SSSR count). The van der Waals surface area contributed by atoms with Crippen LogP contribution in [0.5, 0.6) is 5.75 Å². The van der Waals surface area contributed by atoms with E-state index < -0.39 is 0 Å². The van der Waals surface area contributed by atoms with E-state index in [-0.39, 0.29) is 23.4 Å². The predicted molar refractivity (Wildman–Crippen MR) is 97.5 cm³/mol. The quantitative estimate of drug-likeness (QED) is 0.804. The van der Waals surface area contributed by atoms with Gasteiger partial charge in [0.25, 0.3) is 5.91 Å². The number of rotatable bonds is 3. The van der Waals surface area contributed by atoms with Crippen molar-refractivity contribution < 1.29 is 14.7 Å². The van der Waals surface area contributed by atoms with E-state index in [0.29, 0.717) is 47.1 Å². The van der Waals surface area contributed by atoms with Gasteiger partial charge in [-0.05, 0) is 55.3 Å². The van der Waals surface area contributed by atoms with Gasteiger partial charge in [-0.25, -0.2) is 0 Å². The predicted octanol–water partition coefficient (Wildman–Crippen LogP) is 4.43. The highest BCUT2D eigenvalue weighted by Crippen LogP contribution is 2.26. The molecule has 1 aliphatic rings. The van der Waals surface area contributed by atoms with Crippen molar-refractivity contribution >= 4 is 34.9 Å². The molecule has 4 nitrogen and oxygen atoms in total. The van der Waals surface area contributed by atoms with Crippen molar-refractivity contribution in [2.75, 3.05) is 13.1 Å². The number of benzene rings is 2. The zero-order valence-electron chi connectivity index (χ0n) is 13.4. The molecule has 0 spiro atoms. The molecule has 1 amide bonds. The maximum absolute atomic E-state index is 12.6. The fourth-order valence-electron chi connectivity index (χ4n) is 3.04. The third kappa shape index (κ3) is 3.97. The first-order valence-corrected chi connectivity index (χ1v) is 8.79. The number of carbonyl (C=O) groups excluding carboxylic acids is 2. The molecule has 2 aromatic rings. The maximum atomic E-state index is 12.6. The first-order valence-electron chi connectivity index (χ1n) is 8.03. The van der Waals surface area contributed by atoms with Crippen LogP contribution in [0.1, 0.15) is 33.6 Å². The van der Waals surface area contributed by atoms with Crippen molar-refractivity contribution in [3.63, 3.8) is 0 Å². The summed E-state index contributed by atoms with van der Waals surface area (Å²) >= 11 is 12.1. The van der Waals surface area contributed by atoms with Crippen molar-refractivity contribution in [3.05, 3.63) is 63.6 Å². The Kier molecular flexibility index (Phi) is 5.30. The van der Waals surface area contributed by atoms with Crippen LogP contribution < -0.4 is 0 Å². The lowest BCUT2D eigenvalue weighted by Crippen LogP contribution is -2.40. The number of likely N-dealkylation sites (tertiary alicyclic amines) is 1. The largest absolute Gasteiger partial charge is 0.508 e. The van der Waals surface area contributed by atoms with Crippen LogP contribution in [0.15, 0.2) is 42.5 Å². The Balaban J connectivity index is 1.65.